The highest BCUT2D eigenvalue weighted by molar-refractivity contribution is 5.88. The summed E-state index contributed by atoms with van der Waals surface area (Å²) in [6, 6.07) is 4.81. The van der Waals surface area contributed by atoms with Gasteiger partial charge < -0.3 is 20.2 Å². The number of hydrogen-bond donors (Lipinski definition) is 2. The Bertz CT molecular complexity index is 804. The first-order valence-corrected chi connectivity index (χ1v) is 8.00. The summed E-state index contributed by atoms with van der Waals surface area (Å²) >= 11 is 0. The van der Waals surface area contributed by atoms with E-state index in [0.717, 1.165) is 12.1 Å². The average molecular weight is 369 g/mol. The van der Waals surface area contributed by atoms with Crippen molar-refractivity contribution in [3.63, 3.8) is 0 Å². The van der Waals surface area contributed by atoms with E-state index < -0.39 is 17.6 Å². The molecule has 0 radical (unpaired) electrons. The van der Waals surface area contributed by atoms with Crippen molar-refractivity contribution in [3.8, 4) is 11.3 Å². The molecule has 0 saturated carbocycles. The molecule has 26 heavy (non-hydrogen) atoms. The molecule has 0 aliphatic carbocycles. The van der Waals surface area contributed by atoms with Crippen LogP contribution in [0.3, 0.4) is 0 Å². The normalized spacial score (nSPS) is 20.5. The lowest BCUT2D eigenvalue weighted by molar-refractivity contribution is -0.137. The Hall–Kier alpha value is -2.39. The predicted octanol–water partition coefficient (Wildman–Crippen LogP) is 2.55. The third-order valence-electron chi connectivity index (χ3n) is 4.29. The van der Waals surface area contributed by atoms with Crippen molar-refractivity contribution in [2.75, 3.05) is 20.3 Å². The van der Waals surface area contributed by atoms with Crippen LogP contribution in [0, 0.1) is 0 Å². The number of aromatic nitrogens is 1. The number of halogens is 3. The van der Waals surface area contributed by atoms with E-state index in [9.17, 15) is 18.0 Å². The maximum atomic E-state index is 13.0. The van der Waals surface area contributed by atoms with Gasteiger partial charge in [-0.3, -0.25) is 4.79 Å². The van der Waals surface area contributed by atoms with E-state index in [2.05, 4.69) is 10.3 Å². The highest BCUT2D eigenvalue weighted by Gasteiger charge is 2.34. The van der Waals surface area contributed by atoms with Gasteiger partial charge in [0.1, 0.15) is 0 Å². The quantitative estimate of drug-likeness (QED) is 0.845. The molecule has 2 aromatic rings. The fraction of sp³-hybridized carbons (Fsp3) is 0.412. The van der Waals surface area contributed by atoms with Crippen molar-refractivity contribution in [1.82, 2.24) is 10.3 Å². The number of hydrogen-bond acceptors (Lipinski definition) is 5. The van der Waals surface area contributed by atoms with Gasteiger partial charge >= 0.3 is 12.1 Å². The minimum atomic E-state index is -4.48. The molecule has 0 bridgehead atoms. The summed E-state index contributed by atoms with van der Waals surface area (Å²) in [5.74, 6) is -1.18. The van der Waals surface area contributed by atoms with Crippen molar-refractivity contribution >= 4 is 5.91 Å². The Balaban J connectivity index is 2.00. The number of nitrogens with two attached hydrogens (primary N) is 1. The van der Waals surface area contributed by atoms with Crippen molar-refractivity contribution in [2.45, 2.75) is 24.6 Å². The van der Waals surface area contributed by atoms with Gasteiger partial charge in [0.25, 0.3) is 5.89 Å². The third-order valence-corrected chi connectivity index (χ3v) is 4.29. The van der Waals surface area contributed by atoms with Crippen LogP contribution in [-0.4, -0.2) is 37.2 Å². The number of nitrogens with zero attached hydrogens (tertiary/aromatic N) is 1. The summed E-state index contributed by atoms with van der Waals surface area (Å²) in [5.41, 5.74) is 5.05. The molecule has 1 aromatic carbocycles. The first-order chi connectivity index (χ1) is 12.3. The fourth-order valence-corrected chi connectivity index (χ4v) is 3.11. The van der Waals surface area contributed by atoms with E-state index in [4.69, 9.17) is 14.9 Å². The largest absolute Gasteiger partial charge is 0.432 e. The zero-order valence-corrected chi connectivity index (χ0v) is 14.0. The Morgan fingerprint density at radius 2 is 2.23 bits per heavy atom. The van der Waals surface area contributed by atoms with Gasteiger partial charge in [0.15, 0.2) is 5.76 Å². The van der Waals surface area contributed by atoms with E-state index in [1.54, 1.807) is 7.11 Å². The van der Waals surface area contributed by atoms with Crippen LogP contribution >= 0.6 is 0 Å². The smallest absolute Gasteiger partial charge is 0.416 e. The number of benzene rings is 1. The number of ether oxygens (including phenoxy) is 1. The molecule has 3 rings (SSSR count). The molecule has 0 unspecified atom stereocenters. The third kappa shape index (κ3) is 3.73. The summed E-state index contributed by atoms with van der Waals surface area (Å²) in [4.78, 5) is 15.6. The number of amides is 1. The molecule has 1 saturated heterocycles. The van der Waals surface area contributed by atoms with Gasteiger partial charge in [-0.2, -0.15) is 13.2 Å². The van der Waals surface area contributed by atoms with E-state index in [1.807, 2.05) is 0 Å². The average Bonchev–Trinajstić information content (AvgIpc) is 3.21. The van der Waals surface area contributed by atoms with Crippen LogP contribution in [0.2, 0.25) is 0 Å². The van der Waals surface area contributed by atoms with Crippen LogP contribution in [0.25, 0.3) is 11.3 Å². The molecular weight excluding hydrogens is 351 g/mol. The van der Waals surface area contributed by atoms with Crippen LogP contribution in [0.1, 0.15) is 34.3 Å². The van der Waals surface area contributed by atoms with Crippen LogP contribution in [0.4, 0.5) is 13.2 Å². The highest BCUT2D eigenvalue weighted by atomic mass is 19.4. The van der Waals surface area contributed by atoms with Gasteiger partial charge in [0.2, 0.25) is 0 Å². The second-order valence-electron chi connectivity index (χ2n) is 6.17. The monoisotopic (exact) mass is 369 g/mol. The molecule has 1 fully saturated rings. The number of rotatable bonds is 5. The molecule has 1 aliphatic rings. The maximum absolute atomic E-state index is 13.0. The molecule has 3 N–H and O–H groups in total. The lowest BCUT2D eigenvalue weighted by Crippen LogP contribution is -2.25. The lowest BCUT2D eigenvalue weighted by Gasteiger charge is -2.10. The van der Waals surface area contributed by atoms with Crippen LogP contribution in [-0.2, 0) is 10.9 Å². The highest BCUT2D eigenvalue weighted by Crippen LogP contribution is 2.37. The van der Waals surface area contributed by atoms with Crippen molar-refractivity contribution in [3.05, 3.63) is 41.4 Å². The van der Waals surface area contributed by atoms with Gasteiger partial charge in [-0.25, -0.2) is 4.98 Å². The van der Waals surface area contributed by atoms with E-state index in [0.29, 0.717) is 25.3 Å². The number of primary amides is 1. The first kappa shape index (κ1) is 18.4. The standard InChI is InChI=1S/C17H18F3N3O3/c1-25-8-12-6-10(7-22-12)13-14(26-16(23-13)15(21)24)9-3-2-4-11(5-9)17(18,19)20/h2-5,10,12,22H,6-8H2,1H3,(H2,21,24)/t10-,12+/m1/s1. The lowest BCUT2D eigenvalue weighted by atomic mass is 9.97. The number of nitrogens with one attached hydrogen (secondary N) is 1. The Morgan fingerprint density at radius 3 is 2.88 bits per heavy atom. The Morgan fingerprint density at radius 1 is 1.46 bits per heavy atom. The van der Waals surface area contributed by atoms with Crippen molar-refractivity contribution in [1.29, 1.82) is 0 Å². The summed E-state index contributed by atoms with van der Waals surface area (Å²) in [6.07, 6.45) is -3.83. The minimum absolute atomic E-state index is 0.0908. The maximum Gasteiger partial charge on any atom is 0.416 e. The number of alkyl halides is 3. The molecule has 140 valence electrons. The molecule has 2 atom stereocenters. The molecule has 2 heterocycles. The van der Waals surface area contributed by atoms with Gasteiger partial charge in [0.05, 0.1) is 17.9 Å². The molecule has 1 amide bonds. The molecule has 9 heteroatoms. The topological polar surface area (TPSA) is 90.4 Å². The van der Waals surface area contributed by atoms with E-state index in [1.165, 1.54) is 12.1 Å². The predicted molar refractivity (Wildman–Crippen MR) is 86.5 cm³/mol. The molecule has 1 aromatic heterocycles. The molecule has 6 nitrogen and oxygen atoms in total. The Kier molecular flexibility index (Phi) is 5.01. The molecule has 1 aliphatic heterocycles. The van der Waals surface area contributed by atoms with Crippen LogP contribution in [0.5, 0.6) is 0 Å². The van der Waals surface area contributed by atoms with E-state index >= 15 is 0 Å². The summed E-state index contributed by atoms with van der Waals surface area (Å²) in [6.45, 7) is 1.04. The number of methoxy groups -OCH3 is 1. The van der Waals surface area contributed by atoms with Crippen LogP contribution < -0.4 is 11.1 Å². The van der Waals surface area contributed by atoms with Crippen molar-refractivity contribution < 1.29 is 27.1 Å². The molecular formula is C17H18F3N3O3. The SMILES string of the molecule is COC[C@@H]1C[C@@H](c2nc(C(N)=O)oc2-c2cccc(C(F)(F)F)c2)CN1. The van der Waals surface area contributed by atoms with E-state index in [-0.39, 0.29) is 29.2 Å². The van der Waals surface area contributed by atoms with Gasteiger partial charge in [-0.05, 0) is 18.6 Å². The molecule has 0 spiro atoms. The number of carbonyl (C=O) groups is 1. The summed E-state index contributed by atoms with van der Waals surface area (Å²) in [7, 11) is 1.59. The van der Waals surface area contributed by atoms with Gasteiger partial charge in [0, 0.05) is 31.2 Å². The summed E-state index contributed by atoms with van der Waals surface area (Å²) < 4.78 is 49.6. The zero-order valence-electron chi connectivity index (χ0n) is 14.0. The van der Waals surface area contributed by atoms with Crippen molar-refractivity contribution in [2.24, 2.45) is 5.73 Å². The Labute approximate surface area is 147 Å². The number of carbonyl (C=O) groups excluding carboxylic acids is 1. The zero-order chi connectivity index (χ0) is 18.9. The van der Waals surface area contributed by atoms with Crippen LogP contribution in [0.15, 0.2) is 28.7 Å². The second-order valence-corrected chi connectivity index (χ2v) is 6.17. The number of oxazole rings is 1. The van der Waals surface area contributed by atoms with Gasteiger partial charge in [-0.15, -0.1) is 0 Å². The van der Waals surface area contributed by atoms with Gasteiger partial charge in [-0.1, -0.05) is 12.1 Å². The first-order valence-electron chi connectivity index (χ1n) is 8.00. The minimum Gasteiger partial charge on any atom is -0.432 e. The fourth-order valence-electron chi connectivity index (χ4n) is 3.11. The summed E-state index contributed by atoms with van der Waals surface area (Å²) in [5, 5.41) is 3.26. The second kappa shape index (κ2) is 7.08.